The van der Waals surface area contributed by atoms with Crippen molar-refractivity contribution in [2.45, 2.75) is 96.4 Å². The summed E-state index contributed by atoms with van der Waals surface area (Å²) >= 11 is 3.92. The summed E-state index contributed by atoms with van der Waals surface area (Å²) in [6, 6.07) is -0.872. The number of unbranched alkanes of at least 4 members (excludes halogenated alkanes) is 11. The predicted octanol–water partition coefficient (Wildman–Crippen LogP) is 4.58. The first-order valence-corrected chi connectivity index (χ1v) is 9.88. The average Bonchev–Trinajstić information content (AvgIpc) is 2.53. The molecule has 0 saturated carbocycles. The van der Waals surface area contributed by atoms with Gasteiger partial charge in [0.2, 0.25) is 5.91 Å². The van der Waals surface area contributed by atoms with Crippen LogP contribution in [0.15, 0.2) is 0 Å². The molecule has 2 N–H and O–H groups in total. The maximum atomic E-state index is 11.6. The second kappa shape index (κ2) is 16.2. The van der Waals surface area contributed by atoms with Crippen LogP contribution in [-0.2, 0) is 9.59 Å². The number of thiol groups is 1. The first-order chi connectivity index (χ1) is 11.1. The fraction of sp³-hybridized carbons (Fsp3) is 0.889. The Hall–Kier alpha value is -0.710. The van der Waals surface area contributed by atoms with Crippen LogP contribution < -0.4 is 5.32 Å². The van der Waals surface area contributed by atoms with E-state index in [1.807, 2.05) is 0 Å². The van der Waals surface area contributed by atoms with Crippen molar-refractivity contribution >= 4 is 24.5 Å². The lowest BCUT2D eigenvalue weighted by molar-refractivity contribution is -0.141. The van der Waals surface area contributed by atoms with Gasteiger partial charge in [-0.15, -0.1) is 0 Å². The molecule has 0 aliphatic rings. The van der Waals surface area contributed by atoms with Gasteiger partial charge in [-0.05, 0) is 6.42 Å². The summed E-state index contributed by atoms with van der Waals surface area (Å²) in [5.41, 5.74) is 0. The monoisotopic (exact) mass is 345 g/mol. The van der Waals surface area contributed by atoms with Gasteiger partial charge >= 0.3 is 5.97 Å². The maximum Gasteiger partial charge on any atom is 0.327 e. The van der Waals surface area contributed by atoms with Gasteiger partial charge in [0.05, 0.1) is 0 Å². The minimum absolute atomic E-state index is 0.125. The number of carboxylic acids is 1. The molecule has 0 aromatic carbocycles. The molecule has 0 fully saturated rings. The molecular weight excluding hydrogens is 310 g/mol. The lowest BCUT2D eigenvalue weighted by atomic mass is 10.0. The largest absolute Gasteiger partial charge is 0.480 e. The van der Waals surface area contributed by atoms with E-state index in [0.29, 0.717) is 6.42 Å². The number of rotatable bonds is 16. The lowest BCUT2D eigenvalue weighted by Gasteiger charge is -2.11. The average molecular weight is 346 g/mol. The van der Waals surface area contributed by atoms with Gasteiger partial charge in [0.15, 0.2) is 0 Å². The molecule has 23 heavy (non-hydrogen) atoms. The molecule has 0 heterocycles. The van der Waals surface area contributed by atoms with Crippen LogP contribution in [0.25, 0.3) is 0 Å². The molecule has 0 bridgehead atoms. The summed E-state index contributed by atoms with van der Waals surface area (Å²) < 4.78 is 0. The number of amides is 1. The Labute approximate surface area is 147 Å². The van der Waals surface area contributed by atoms with E-state index in [1.165, 1.54) is 57.8 Å². The second-order valence-electron chi connectivity index (χ2n) is 6.28. The van der Waals surface area contributed by atoms with Crippen LogP contribution in [0.3, 0.4) is 0 Å². The van der Waals surface area contributed by atoms with Crippen molar-refractivity contribution in [3.63, 3.8) is 0 Å². The third kappa shape index (κ3) is 14.6. The Kier molecular flexibility index (Phi) is 15.7. The van der Waals surface area contributed by atoms with Crippen molar-refractivity contribution in [1.82, 2.24) is 5.32 Å². The molecule has 136 valence electrons. The third-order valence-corrected chi connectivity index (χ3v) is 4.44. The zero-order chi connectivity index (χ0) is 17.3. The van der Waals surface area contributed by atoms with Crippen LogP contribution in [0.5, 0.6) is 0 Å². The Morgan fingerprint density at radius 1 is 0.870 bits per heavy atom. The summed E-state index contributed by atoms with van der Waals surface area (Å²) in [7, 11) is 0. The SMILES string of the molecule is CCCCCCCCCCCCCCC(=O)NC(CS)C(=O)O. The zero-order valence-electron chi connectivity index (χ0n) is 14.7. The highest BCUT2D eigenvalue weighted by atomic mass is 32.1. The van der Waals surface area contributed by atoms with Crippen LogP contribution in [0.1, 0.15) is 90.4 Å². The van der Waals surface area contributed by atoms with Gasteiger partial charge in [-0.2, -0.15) is 12.6 Å². The molecule has 0 spiro atoms. The van der Waals surface area contributed by atoms with Gasteiger partial charge in [0.25, 0.3) is 0 Å². The van der Waals surface area contributed by atoms with Crippen molar-refractivity contribution in [2.24, 2.45) is 0 Å². The Bertz CT molecular complexity index is 311. The van der Waals surface area contributed by atoms with E-state index in [0.717, 1.165) is 19.3 Å². The summed E-state index contributed by atoms with van der Waals surface area (Å²) in [5.74, 6) is -1.08. The van der Waals surface area contributed by atoms with E-state index >= 15 is 0 Å². The Morgan fingerprint density at radius 2 is 1.30 bits per heavy atom. The van der Waals surface area contributed by atoms with Gasteiger partial charge in [-0.1, -0.05) is 77.6 Å². The molecule has 1 atom stereocenters. The van der Waals surface area contributed by atoms with Gasteiger partial charge in [0, 0.05) is 12.2 Å². The Morgan fingerprint density at radius 3 is 1.70 bits per heavy atom. The van der Waals surface area contributed by atoms with Crippen molar-refractivity contribution in [2.75, 3.05) is 5.75 Å². The second-order valence-corrected chi connectivity index (χ2v) is 6.65. The number of hydrogen-bond donors (Lipinski definition) is 3. The molecular formula is C18H35NO3S. The molecule has 0 radical (unpaired) electrons. The number of nitrogens with one attached hydrogen (secondary N) is 1. The highest BCUT2D eigenvalue weighted by Crippen LogP contribution is 2.12. The smallest absolute Gasteiger partial charge is 0.327 e. The first kappa shape index (κ1) is 22.3. The van der Waals surface area contributed by atoms with Gasteiger partial charge < -0.3 is 10.4 Å². The van der Waals surface area contributed by atoms with Crippen molar-refractivity contribution in [1.29, 1.82) is 0 Å². The lowest BCUT2D eigenvalue weighted by Crippen LogP contribution is -2.42. The van der Waals surface area contributed by atoms with E-state index in [9.17, 15) is 9.59 Å². The molecule has 1 amide bonds. The minimum Gasteiger partial charge on any atom is -0.480 e. The minimum atomic E-state index is -1.02. The highest BCUT2D eigenvalue weighted by Gasteiger charge is 2.17. The molecule has 5 heteroatoms. The van der Waals surface area contributed by atoms with Gasteiger partial charge in [-0.25, -0.2) is 4.79 Å². The predicted molar refractivity (Wildman–Crippen MR) is 99.1 cm³/mol. The molecule has 1 unspecified atom stereocenters. The number of aliphatic carboxylic acids is 1. The summed E-state index contributed by atoms with van der Waals surface area (Å²) in [5, 5.41) is 11.3. The number of hydrogen-bond acceptors (Lipinski definition) is 3. The first-order valence-electron chi connectivity index (χ1n) is 9.24. The van der Waals surface area contributed by atoms with Gasteiger partial charge in [0.1, 0.15) is 6.04 Å². The van der Waals surface area contributed by atoms with Gasteiger partial charge in [-0.3, -0.25) is 4.79 Å². The van der Waals surface area contributed by atoms with Crippen molar-refractivity contribution < 1.29 is 14.7 Å². The van der Waals surface area contributed by atoms with Crippen LogP contribution in [0.2, 0.25) is 0 Å². The number of carboxylic acid groups (broad SMARTS) is 1. The van der Waals surface area contributed by atoms with E-state index < -0.39 is 12.0 Å². The van der Waals surface area contributed by atoms with Crippen LogP contribution >= 0.6 is 12.6 Å². The Balaban J connectivity index is 3.32. The van der Waals surface area contributed by atoms with Crippen molar-refractivity contribution in [3.8, 4) is 0 Å². The molecule has 0 aliphatic heterocycles. The summed E-state index contributed by atoms with van der Waals surface area (Å²) in [4.78, 5) is 22.4. The van der Waals surface area contributed by atoms with E-state index in [1.54, 1.807) is 0 Å². The molecule has 0 aromatic heterocycles. The number of carbonyl (C=O) groups is 2. The normalized spacial score (nSPS) is 12.1. The fourth-order valence-corrected chi connectivity index (χ4v) is 2.83. The zero-order valence-corrected chi connectivity index (χ0v) is 15.6. The quantitative estimate of drug-likeness (QED) is 0.283. The molecule has 0 rings (SSSR count). The van der Waals surface area contributed by atoms with Crippen LogP contribution in [0, 0.1) is 0 Å². The molecule has 0 aliphatic carbocycles. The number of carbonyl (C=O) groups excluding carboxylic acids is 1. The summed E-state index contributed by atoms with van der Waals surface area (Å²) in [6.07, 6.45) is 15.5. The topological polar surface area (TPSA) is 66.4 Å². The van der Waals surface area contributed by atoms with E-state index in [-0.39, 0.29) is 11.7 Å². The molecule has 4 nitrogen and oxygen atoms in total. The third-order valence-electron chi connectivity index (χ3n) is 4.07. The van der Waals surface area contributed by atoms with Crippen molar-refractivity contribution in [3.05, 3.63) is 0 Å². The van der Waals surface area contributed by atoms with E-state index in [4.69, 9.17) is 5.11 Å². The standard InChI is InChI=1S/C18H35NO3S/c1-2-3-4-5-6-7-8-9-10-11-12-13-14-17(20)19-16(15-23)18(21)22/h16,23H,2-15H2,1H3,(H,19,20)(H,21,22). The van der Waals surface area contributed by atoms with E-state index in [2.05, 4.69) is 24.9 Å². The maximum absolute atomic E-state index is 11.6. The van der Waals surface area contributed by atoms with Crippen LogP contribution in [0.4, 0.5) is 0 Å². The van der Waals surface area contributed by atoms with Crippen LogP contribution in [-0.4, -0.2) is 28.8 Å². The fourth-order valence-electron chi connectivity index (χ4n) is 2.58. The molecule has 0 aromatic rings. The molecule has 0 saturated heterocycles. The highest BCUT2D eigenvalue weighted by molar-refractivity contribution is 7.80. The summed E-state index contributed by atoms with van der Waals surface area (Å²) in [6.45, 7) is 2.24.